The van der Waals surface area contributed by atoms with E-state index in [0.29, 0.717) is 49.5 Å². The molecule has 1 amide bonds. The van der Waals surface area contributed by atoms with Gasteiger partial charge in [0.05, 0.1) is 12.2 Å². The van der Waals surface area contributed by atoms with Gasteiger partial charge < -0.3 is 14.2 Å². The topological polar surface area (TPSA) is 93.0 Å². The highest BCUT2D eigenvalue weighted by molar-refractivity contribution is 7.89. The Morgan fingerprint density at radius 3 is 2.18 bits per heavy atom. The molecule has 28 heavy (non-hydrogen) atoms. The van der Waals surface area contributed by atoms with Crippen molar-refractivity contribution in [3.8, 4) is 0 Å². The number of hydrogen-bond donors (Lipinski definition) is 0. The molecule has 0 N–H and O–H groups in total. The van der Waals surface area contributed by atoms with Crippen LogP contribution in [0.2, 0.25) is 0 Å². The average Bonchev–Trinajstić information content (AvgIpc) is 3.12. The highest BCUT2D eigenvalue weighted by atomic mass is 32.2. The van der Waals surface area contributed by atoms with E-state index in [9.17, 15) is 13.2 Å². The maximum Gasteiger partial charge on any atom is 0.248 e. The molecule has 1 aromatic heterocycles. The number of rotatable bonds is 4. The Balaban J connectivity index is 1.34. The van der Waals surface area contributed by atoms with Crippen molar-refractivity contribution in [3.63, 3.8) is 0 Å². The number of fused-ring (bicyclic) bond motifs is 2. The molecule has 2 bridgehead atoms. The minimum atomic E-state index is -3.58. The monoisotopic (exact) mass is 411 g/mol. The van der Waals surface area contributed by atoms with Crippen LogP contribution in [0.3, 0.4) is 0 Å². The van der Waals surface area contributed by atoms with E-state index in [-0.39, 0.29) is 23.0 Å². The Labute approximate surface area is 166 Å². The Bertz CT molecular complexity index is 810. The molecule has 0 saturated carbocycles. The third-order valence-electron chi connectivity index (χ3n) is 6.41. The largest absolute Gasteiger partial charge is 0.375 e. The molecule has 4 heterocycles. The standard InChI is InChI=1S/C19H29N3O5S/c1-12-19(13(2)27-20-12)28(24,25)21-8-6-17(7-9-21)26-18-10-15-4-5-16(11-18)22(15)14(3)23/h15-18H,4-11H2,1-3H3/t15-,16+,18?. The summed E-state index contributed by atoms with van der Waals surface area (Å²) < 4.78 is 38.8. The molecular formula is C19H29N3O5S. The van der Waals surface area contributed by atoms with Crippen LogP contribution in [0, 0.1) is 13.8 Å². The van der Waals surface area contributed by atoms with Crippen molar-refractivity contribution in [2.75, 3.05) is 13.1 Å². The van der Waals surface area contributed by atoms with Gasteiger partial charge in [-0.05, 0) is 52.4 Å². The molecule has 4 rings (SSSR count). The summed E-state index contributed by atoms with van der Waals surface area (Å²) in [7, 11) is -3.58. The lowest BCUT2D eigenvalue weighted by atomic mass is 9.98. The van der Waals surface area contributed by atoms with Gasteiger partial charge in [-0.3, -0.25) is 4.79 Å². The lowest BCUT2D eigenvalue weighted by molar-refractivity contribution is -0.138. The first-order chi connectivity index (χ1) is 13.3. The molecule has 0 aliphatic carbocycles. The van der Waals surface area contributed by atoms with Crippen LogP contribution >= 0.6 is 0 Å². The molecule has 9 heteroatoms. The molecule has 3 saturated heterocycles. The maximum atomic E-state index is 12.9. The SMILES string of the molecule is CC(=O)N1[C@@H]2CC[C@H]1CC(OC1CCN(S(=O)(=O)c3c(C)noc3C)CC1)C2. The van der Waals surface area contributed by atoms with Gasteiger partial charge in [-0.15, -0.1) is 0 Å². The molecule has 3 atom stereocenters. The van der Waals surface area contributed by atoms with Crippen molar-refractivity contribution in [2.45, 2.75) is 88.5 Å². The zero-order chi connectivity index (χ0) is 20.1. The van der Waals surface area contributed by atoms with E-state index in [0.717, 1.165) is 25.7 Å². The molecule has 8 nitrogen and oxygen atoms in total. The molecular weight excluding hydrogens is 382 g/mol. The van der Waals surface area contributed by atoms with Crippen LogP contribution in [-0.4, -0.2) is 66.1 Å². The van der Waals surface area contributed by atoms with Crippen LogP contribution in [0.1, 0.15) is 56.9 Å². The Morgan fingerprint density at radius 1 is 1.07 bits per heavy atom. The molecule has 0 aromatic carbocycles. The number of carbonyl (C=O) groups is 1. The Morgan fingerprint density at radius 2 is 1.68 bits per heavy atom. The average molecular weight is 412 g/mol. The van der Waals surface area contributed by atoms with Gasteiger partial charge >= 0.3 is 0 Å². The summed E-state index contributed by atoms with van der Waals surface area (Å²) in [5.74, 6) is 0.507. The first kappa shape index (κ1) is 19.8. The van der Waals surface area contributed by atoms with Gasteiger partial charge in [-0.25, -0.2) is 8.42 Å². The smallest absolute Gasteiger partial charge is 0.248 e. The number of nitrogens with zero attached hydrogens (tertiary/aromatic N) is 3. The Hall–Kier alpha value is -1.45. The molecule has 3 aliphatic heterocycles. The zero-order valence-electron chi connectivity index (χ0n) is 16.8. The Kier molecular flexibility index (Phi) is 5.26. The summed E-state index contributed by atoms with van der Waals surface area (Å²) in [5.41, 5.74) is 0.406. The maximum absolute atomic E-state index is 12.9. The van der Waals surface area contributed by atoms with Crippen molar-refractivity contribution < 1.29 is 22.5 Å². The van der Waals surface area contributed by atoms with Crippen molar-refractivity contribution >= 4 is 15.9 Å². The molecule has 1 aromatic rings. The van der Waals surface area contributed by atoms with Gasteiger partial charge in [-0.1, -0.05) is 5.16 Å². The van der Waals surface area contributed by atoms with E-state index >= 15 is 0 Å². The van der Waals surface area contributed by atoms with Gasteiger partial charge in [0.15, 0.2) is 5.76 Å². The number of carbonyl (C=O) groups excluding carboxylic acids is 1. The summed E-state index contributed by atoms with van der Waals surface area (Å²) in [6, 6.07) is 0.613. The number of ether oxygens (including phenoxy) is 1. The first-order valence-electron chi connectivity index (χ1n) is 10.1. The lowest BCUT2D eigenvalue weighted by Crippen LogP contribution is -2.49. The first-order valence-corrected chi connectivity index (χ1v) is 11.6. The van der Waals surface area contributed by atoms with Gasteiger partial charge in [0.2, 0.25) is 15.9 Å². The van der Waals surface area contributed by atoms with Crippen LogP contribution < -0.4 is 0 Å². The summed E-state index contributed by atoms with van der Waals surface area (Å²) in [5, 5.41) is 3.77. The van der Waals surface area contributed by atoms with E-state index in [1.807, 2.05) is 4.90 Å². The zero-order valence-corrected chi connectivity index (χ0v) is 17.6. The number of sulfonamides is 1. The van der Waals surface area contributed by atoms with Crippen molar-refractivity contribution in [3.05, 3.63) is 11.5 Å². The molecule has 0 radical (unpaired) electrons. The van der Waals surface area contributed by atoms with E-state index in [2.05, 4.69) is 5.16 Å². The molecule has 0 spiro atoms. The highest BCUT2D eigenvalue weighted by Crippen LogP contribution is 2.38. The lowest BCUT2D eigenvalue weighted by Gasteiger charge is -2.40. The fraction of sp³-hybridized carbons (Fsp3) is 0.789. The van der Waals surface area contributed by atoms with Crippen LogP contribution in [0.5, 0.6) is 0 Å². The molecule has 3 fully saturated rings. The van der Waals surface area contributed by atoms with E-state index in [1.165, 1.54) is 4.31 Å². The predicted octanol–water partition coefficient (Wildman–Crippen LogP) is 2.00. The quantitative estimate of drug-likeness (QED) is 0.752. The van der Waals surface area contributed by atoms with Gasteiger partial charge in [0, 0.05) is 32.1 Å². The summed E-state index contributed by atoms with van der Waals surface area (Å²) >= 11 is 0. The van der Waals surface area contributed by atoms with Gasteiger partial charge in [-0.2, -0.15) is 4.31 Å². The second-order valence-electron chi connectivity index (χ2n) is 8.30. The van der Waals surface area contributed by atoms with Gasteiger partial charge in [0.1, 0.15) is 10.6 Å². The van der Waals surface area contributed by atoms with Crippen LogP contribution in [0.4, 0.5) is 0 Å². The fourth-order valence-electron chi connectivity index (χ4n) is 5.21. The fourth-order valence-corrected chi connectivity index (χ4v) is 6.97. The normalized spacial score (nSPS) is 29.4. The number of amides is 1. The number of piperidine rings is 2. The predicted molar refractivity (Wildman–Crippen MR) is 101 cm³/mol. The minimum Gasteiger partial charge on any atom is -0.375 e. The number of aromatic nitrogens is 1. The van der Waals surface area contributed by atoms with Crippen molar-refractivity contribution in [1.82, 2.24) is 14.4 Å². The molecule has 156 valence electrons. The van der Waals surface area contributed by atoms with Crippen LogP contribution in [-0.2, 0) is 19.6 Å². The molecule has 1 unspecified atom stereocenters. The van der Waals surface area contributed by atoms with Crippen LogP contribution in [0.25, 0.3) is 0 Å². The minimum absolute atomic E-state index is 0.0735. The second kappa shape index (κ2) is 7.42. The summed E-state index contributed by atoms with van der Waals surface area (Å²) in [6.07, 6.45) is 5.54. The van der Waals surface area contributed by atoms with E-state index < -0.39 is 10.0 Å². The van der Waals surface area contributed by atoms with E-state index in [4.69, 9.17) is 9.26 Å². The third-order valence-corrected chi connectivity index (χ3v) is 8.55. The number of hydrogen-bond acceptors (Lipinski definition) is 6. The third kappa shape index (κ3) is 3.48. The summed E-state index contributed by atoms with van der Waals surface area (Å²) in [6.45, 7) is 5.82. The second-order valence-corrected chi connectivity index (χ2v) is 10.2. The number of aryl methyl sites for hydroxylation is 2. The van der Waals surface area contributed by atoms with Crippen LogP contribution in [0.15, 0.2) is 9.42 Å². The van der Waals surface area contributed by atoms with Crippen molar-refractivity contribution in [2.24, 2.45) is 0 Å². The summed E-state index contributed by atoms with van der Waals surface area (Å²) in [4.78, 5) is 14.1. The van der Waals surface area contributed by atoms with Gasteiger partial charge in [0.25, 0.3) is 0 Å². The van der Waals surface area contributed by atoms with E-state index in [1.54, 1.807) is 20.8 Å². The molecule has 3 aliphatic rings. The van der Waals surface area contributed by atoms with Crippen molar-refractivity contribution in [1.29, 1.82) is 0 Å². The highest BCUT2D eigenvalue weighted by Gasteiger charge is 2.43.